The van der Waals surface area contributed by atoms with Gasteiger partial charge in [0.1, 0.15) is 0 Å². The van der Waals surface area contributed by atoms with Crippen molar-refractivity contribution in [2.75, 3.05) is 26.3 Å². The van der Waals surface area contributed by atoms with E-state index in [4.69, 9.17) is 10.5 Å². The standard InChI is InChI=1S/C14H25N3O3/c15-10-14(5-8-20-9-6-14)13(19)16-7-1-2-12(18)17-11-3-4-11/h11H,1-10,15H2,(H,16,19)(H,17,18). The Morgan fingerprint density at radius 2 is 1.95 bits per heavy atom. The van der Waals surface area contributed by atoms with Gasteiger partial charge in [-0.3, -0.25) is 9.59 Å². The molecule has 114 valence electrons. The molecule has 0 aromatic carbocycles. The number of carbonyl (C=O) groups is 2. The predicted octanol–water partition coefficient (Wildman–Crippen LogP) is -0.0831. The van der Waals surface area contributed by atoms with E-state index >= 15 is 0 Å². The maximum absolute atomic E-state index is 12.2. The van der Waals surface area contributed by atoms with Gasteiger partial charge in [-0.05, 0) is 32.1 Å². The normalized spacial score (nSPS) is 21.2. The molecule has 0 aromatic heterocycles. The topological polar surface area (TPSA) is 93.5 Å². The Kier molecular flexibility index (Phi) is 5.37. The molecule has 1 heterocycles. The third-order valence-electron chi connectivity index (χ3n) is 4.13. The van der Waals surface area contributed by atoms with E-state index in [0.29, 0.717) is 58.0 Å². The Hall–Kier alpha value is -1.14. The maximum atomic E-state index is 12.2. The second kappa shape index (κ2) is 7.04. The van der Waals surface area contributed by atoms with Gasteiger partial charge in [0, 0.05) is 38.8 Å². The van der Waals surface area contributed by atoms with Crippen molar-refractivity contribution in [2.45, 2.75) is 44.6 Å². The van der Waals surface area contributed by atoms with E-state index < -0.39 is 5.41 Å². The lowest BCUT2D eigenvalue weighted by atomic mass is 9.79. The van der Waals surface area contributed by atoms with Crippen LogP contribution in [0.1, 0.15) is 38.5 Å². The molecule has 2 amide bonds. The first-order chi connectivity index (χ1) is 9.66. The van der Waals surface area contributed by atoms with E-state index in [2.05, 4.69) is 10.6 Å². The van der Waals surface area contributed by atoms with Crippen molar-refractivity contribution < 1.29 is 14.3 Å². The van der Waals surface area contributed by atoms with Gasteiger partial charge in [-0.2, -0.15) is 0 Å². The first-order valence-electron chi connectivity index (χ1n) is 7.52. The lowest BCUT2D eigenvalue weighted by Gasteiger charge is -2.34. The van der Waals surface area contributed by atoms with Crippen molar-refractivity contribution in [3.63, 3.8) is 0 Å². The van der Waals surface area contributed by atoms with Crippen LogP contribution in [0.25, 0.3) is 0 Å². The number of nitrogens with one attached hydrogen (secondary N) is 2. The molecule has 4 N–H and O–H groups in total. The highest BCUT2D eigenvalue weighted by Crippen LogP contribution is 2.29. The fraction of sp³-hybridized carbons (Fsp3) is 0.857. The quantitative estimate of drug-likeness (QED) is 0.570. The number of rotatable bonds is 7. The maximum Gasteiger partial charge on any atom is 0.227 e. The summed E-state index contributed by atoms with van der Waals surface area (Å²) in [5, 5.41) is 5.85. The van der Waals surface area contributed by atoms with Crippen LogP contribution in [0, 0.1) is 5.41 Å². The van der Waals surface area contributed by atoms with E-state index in [0.717, 1.165) is 12.8 Å². The summed E-state index contributed by atoms with van der Waals surface area (Å²) in [4.78, 5) is 23.7. The summed E-state index contributed by atoms with van der Waals surface area (Å²) in [6.07, 6.45) is 4.69. The minimum absolute atomic E-state index is 0.00546. The average Bonchev–Trinajstić information content (AvgIpc) is 3.28. The van der Waals surface area contributed by atoms with Gasteiger partial charge in [0.2, 0.25) is 11.8 Å². The number of hydrogen-bond acceptors (Lipinski definition) is 4. The van der Waals surface area contributed by atoms with E-state index in [1.54, 1.807) is 0 Å². The second-order valence-electron chi connectivity index (χ2n) is 5.80. The Morgan fingerprint density at radius 1 is 1.25 bits per heavy atom. The van der Waals surface area contributed by atoms with Gasteiger partial charge in [0.25, 0.3) is 0 Å². The van der Waals surface area contributed by atoms with Gasteiger partial charge in [0.15, 0.2) is 0 Å². The first-order valence-corrected chi connectivity index (χ1v) is 7.52. The molecule has 1 aliphatic heterocycles. The van der Waals surface area contributed by atoms with Gasteiger partial charge in [-0.25, -0.2) is 0 Å². The highest BCUT2D eigenvalue weighted by Gasteiger charge is 2.38. The molecule has 1 saturated heterocycles. The Labute approximate surface area is 119 Å². The lowest BCUT2D eigenvalue weighted by molar-refractivity contribution is -0.136. The minimum atomic E-state index is -0.478. The van der Waals surface area contributed by atoms with E-state index in [1.165, 1.54) is 0 Å². The number of carbonyl (C=O) groups excluding carboxylic acids is 2. The summed E-state index contributed by atoms with van der Waals surface area (Å²) in [6.45, 7) is 2.06. The van der Waals surface area contributed by atoms with Crippen LogP contribution >= 0.6 is 0 Å². The molecule has 0 spiro atoms. The van der Waals surface area contributed by atoms with Crippen molar-refractivity contribution in [3.05, 3.63) is 0 Å². The van der Waals surface area contributed by atoms with Crippen LogP contribution in [-0.2, 0) is 14.3 Å². The molecule has 0 radical (unpaired) electrons. The Balaban J connectivity index is 1.64. The minimum Gasteiger partial charge on any atom is -0.381 e. The fourth-order valence-corrected chi connectivity index (χ4v) is 2.45. The van der Waals surface area contributed by atoms with Gasteiger partial charge in [-0.15, -0.1) is 0 Å². The van der Waals surface area contributed by atoms with Crippen molar-refractivity contribution in [3.8, 4) is 0 Å². The number of hydrogen-bond donors (Lipinski definition) is 3. The molecule has 0 atom stereocenters. The summed E-state index contributed by atoms with van der Waals surface area (Å²) in [6, 6.07) is 0.403. The summed E-state index contributed by atoms with van der Waals surface area (Å²) in [7, 11) is 0. The van der Waals surface area contributed by atoms with Crippen LogP contribution in [0.15, 0.2) is 0 Å². The van der Waals surface area contributed by atoms with E-state index in [1.807, 2.05) is 0 Å². The van der Waals surface area contributed by atoms with Crippen molar-refractivity contribution in [2.24, 2.45) is 11.1 Å². The molecule has 2 rings (SSSR count). The van der Waals surface area contributed by atoms with Crippen LogP contribution in [0.5, 0.6) is 0 Å². The summed E-state index contributed by atoms with van der Waals surface area (Å²) >= 11 is 0. The van der Waals surface area contributed by atoms with Gasteiger partial charge < -0.3 is 21.1 Å². The molecular formula is C14H25N3O3. The van der Waals surface area contributed by atoms with E-state index in [9.17, 15) is 9.59 Å². The molecule has 20 heavy (non-hydrogen) atoms. The van der Waals surface area contributed by atoms with Gasteiger partial charge in [-0.1, -0.05) is 0 Å². The molecular weight excluding hydrogens is 258 g/mol. The van der Waals surface area contributed by atoms with Crippen molar-refractivity contribution in [1.82, 2.24) is 10.6 Å². The molecule has 1 saturated carbocycles. The SMILES string of the molecule is NCC1(C(=O)NCCCC(=O)NC2CC2)CCOCC1. The third-order valence-corrected chi connectivity index (χ3v) is 4.13. The molecule has 0 unspecified atom stereocenters. The lowest BCUT2D eigenvalue weighted by Crippen LogP contribution is -2.49. The van der Waals surface area contributed by atoms with Crippen molar-refractivity contribution in [1.29, 1.82) is 0 Å². The van der Waals surface area contributed by atoms with Crippen LogP contribution in [0.4, 0.5) is 0 Å². The average molecular weight is 283 g/mol. The zero-order chi connectivity index (χ0) is 14.4. The van der Waals surface area contributed by atoms with Crippen LogP contribution in [0.3, 0.4) is 0 Å². The number of amides is 2. The fourth-order valence-electron chi connectivity index (χ4n) is 2.45. The molecule has 0 bridgehead atoms. The highest BCUT2D eigenvalue weighted by atomic mass is 16.5. The number of ether oxygens (including phenoxy) is 1. The molecule has 1 aliphatic carbocycles. The molecule has 2 fully saturated rings. The largest absolute Gasteiger partial charge is 0.381 e. The van der Waals surface area contributed by atoms with Crippen LogP contribution in [-0.4, -0.2) is 44.2 Å². The molecule has 0 aromatic rings. The summed E-state index contributed by atoms with van der Waals surface area (Å²) in [5.41, 5.74) is 5.30. The third kappa shape index (κ3) is 4.18. The van der Waals surface area contributed by atoms with E-state index in [-0.39, 0.29) is 11.8 Å². The van der Waals surface area contributed by atoms with Gasteiger partial charge in [0.05, 0.1) is 5.41 Å². The monoisotopic (exact) mass is 283 g/mol. The van der Waals surface area contributed by atoms with Gasteiger partial charge >= 0.3 is 0 Å². The zero-order valence-electron chi connectivity index (χ0n) is 12.0. The summed E-state index contributed by atoms with van der Waals surface area (Å²) < 4.78 is 5.29. The van der Waals surface area contributed by atoms with Crippen molar-refractivity contribution >= 4 is 11.8 Å². The predicted molar refractivity (Wildman–Crippen MR) is 74.9 cm³/mol. The smallest absolute Gasteiger partial charge is 0.227 e. The highest BCUT2D eigenvalue weighted by molar-refractivity contribution is 5.83. The second-order valence-corrected chi connectivity index (χ2v) is 5.80. The van der Waals surface area contributed by atoms with Crippen LogP contribution in [0.2, 0.25) is 0 Å². The molecule has 6 heteroatoms. The molecule has 6 nitrogen and oxygen atoms in total. The first kappa shape index (κ1) is 15.3. The zero-order valence-corrected chi connectivity index (χ0v) is 12.0. The Morgan fingerprint density at radius 3 is 2.55 bits per heavy atom. The van der Waals surface area contributed by atoms with Crippen LogP contribution < -0.4 is 16.4 Å². The Bertz CT molecular complexity index is 350. The number of nitrogens with two attached hydrogens (primary N) is 1. The summed E-state index contributed by atoms with van der Waals surface area (Å²) in [5.74, 6) is 0.0901. The molecule has 2 aliphatic rings.